The minimum Gasteiger partial charge on any atom is -0.366 e. The van der Waals surface area contributed by atoms with Gasteiger partial charge in [-0.05, 0) is 13.0 Å². The first kappa shape index (κ1) is 18.2. The molecule has 0 aliphatic carbocycles. The lowest BCUT2D eigenvalue weighted by Crippen LogP contribution is -2.42. The zero-order valence-corrected chi connectivity index (χ0v) is 14.2. The van der Waals surface area contributed by atoms with Gasteiger partial charge in [0.25, 0.3) is 5.91 Å². The normalized spacial score (nSPS) is 11.8. The zero-order valence-electron chi connectivity index (χ0n) is 14.2. The highest BCUT2D eigenvalue weighted by Gasteiger charge is 2.13. The molecule has 3 amide bonds. The fourth-order valence-electron chi connectivity index (χ4n) is 2.27. The first-order valence-electron chi connectivity index (χ1n) is 7.88. The van der Waals surface area contributed by atoms with E-state index in [0.717, 1.165) is 5.82 Å². The number of aromatic amines is 1. The zero-order chi connectivity index (χ0) is 18.4. The molecule has 9 nitrogen and oxygen atoms in total. The van der Waals surface area contributed by atoms with E-state index in [1.807, 2.05) is 17.8 Å². The summed E-state index contributed by atoms with van der Waals surface area (Å²) in [6, 6.07) is 1.15. The van der Waals surface area contributed by atoms with Gasteiger partial charge >= 0.3 is 0 Å². The third kappa shape index (κ3) is 5.20. The minimum absolute atomic E-state index is 0.111. The minimum atomic E-state index is -0.608. The molecule has 2 heterocycles. The van der Waals surface area contributed by atoms with Crippen LogP contribution in [0.1, 0.15) is 40.0 Å². The van der Waals surface area contributed by atoms with Crippen molar-refractivity contribution in [3.63, 3.8) is 0 Å². The Hall–Kier alpha value is -3.10. The van der Waals surface area contributed by atoms with Crippen molar-refractivity contribution in [3.05, 3.63) is 41.7 Å². The molecule has 0 radical (unpaired) electrons. The van der Waals surface area contributed by atoms with E-state index in [9.17, 15) is 14.4 Å². The monoisotopic (exact) mass is 346 g/mol. The summed E-state index contributed by atoms with van der Waals surface area (Å²) in [4.78, 5) is 41.8. The van der Waals surface area contributed by atoms with Crippen molar-refractivity contribution in [2.75, 3.05) is 6.54 Å². The third-order valence-corrected chi connectivity index (χ3v) is 3.68. The Balaban J connectivity index is 1.72. The topological polar surface area (TPSA) is 135 Å². The van der Waals surface area contributed by atoms with Gasteiger partial charge in [-0.1, -0.05) is 0 Å². The molecule has 9 heteroatoms. The number of nitrogens with one attached hydrogen (secondary N) is 3. The quantitative estimate of drug-likeness (QED) is 0.522. The summed E-state index contributed by atoms with van der Waals surface area (Å²) >= 11 is 0. The predicted molar refractivity (Wildman–Crippen MR) is 90.8 cm³/mol. The van der Waals surface area contributed by atoms with Crippen LogP contribution in [-0.2, 0) is 18.3 Å². The summed E-state index contributed by atoms with van der Waals surface area (Å²) in [5.41, 5.74) is 5.61. The highest BCUT2D eigenvalue weighted by Crippen LogP contribution is 2.02. The fourth-order valence-corrected chi connectivity index (χ4v) is 2.27. The van der Waals surface area contributed by atoms with Crippen LogP contribution in [0.25, 0.3) is 0 Å². The van der Waals surface area contributed by atoms with Crippen LogP contribution in [0.2, 0.25) is 0 Å². The number of nitrogens with two attached hydrogens (primary N) is 1. The van der Waals surface area contributed by atoms with Crippen molar-refractivity contribution in [1.29, 1.82) is 0 Å². The van der Waals surface area contributed by atoms with Crippen molar-refractivity contribution in [3.8, 4) is 0 Å². The average molecular weight is 346 g/mol. The molecule has 0 aliphatic rings. The van der Waals surface area contributed by atoms with Gasteiger partial charge in [-0.3, -0.25) is 14.4 Å². The maximum absolute atomic E-state index is 12.0. The molecule has 0 fully saturated rings. The number of primary amides is 1. The van der Waals surface area contributed by atoms with Crippen LogP contribution in [0.4, 0.5) is 0 Å². The van der Waals surface area contributed by atoms with Crippen LogP contribution >= 0.6 is 0 Å². The van der Waals surface area contributed by atoms with E-state index >= 15 is 0 Å². The Morgan fingerprint density at radius 3 is 2.76 bits per heavy atom. The Bertz CT molecular complexity index is 764. The van der Waals surface area contributed by atoms with Crippen LogP contribution in [0.15, 0.2) is 24.7 Å². The van der Waals surface area contributed by atoms with Crippen LogP contribution in [-0.4, -0.2) is 44.8 Å². The molecular weight excluding hydrogens is 324 g/mol. The fraction of sp³-hybridized carbons (Fsp3) is 0.375. The largest absolute Gasteiger partial charge is 0.366 e. The van der Waals surface area contributed by atoms with Gasteiger partial charge in [0.2, 0.25) is 11.8 Å². The highest BCUT2D eigenvalue weighted by molar-refractivity contribution is 5.98. The first-order valence-corrected chi connectivity index (χ1v) is 7.88. The van der Waals surface area contributed by atoms with Gasteiger partial charge in [-0.15, -0.1) is 0 Å². The number of carbonyl (C=O) groups excluding carboxylic acids is 3. The number of hydrogen-bond donors (Lipinski definition) is 4. The molecule has 2 aromatic heterocycles. The summed E-state index contributed by atoms with van der Waals surface area (Å²) in [5, 5.41) is 5.50. The highest BCUT2D eigenvalue weighted by atomic mass is 16.2. The molecule has 25 heavy (non-hydrogen) atoms. The number of carbonyl (C=O) groups is 3. The smallest absolute Gasteiger partial charge is 0.267 e. The molecule has 0 bridgehead atoms. The summed E-state index contributed by atoms with van der Waals surface area (Å²) in [6.45, 7) is 2.06. The lowest BCUT2D eigenvalue weighted by Gasteiger charge is -2.14. The number of imidazole rings is 1. The maximum atomic E-state index is 12.0. The predicted octanol–water partition coefficient (Wildman–Crippen LogP) is -0.286. The molecule has 0 saturated heterocycles. The third-order valence-electron chi connectivity index (χ3n) is 3.68. The Morgan fingerprint density at radius 1 is 1.40 bits per heavy atom. The Morgan fingerprint density at radius 2 is 2.16 bits per heavy atom. The summed E-state index contributed by atoms with van der Waals surface area (Å²) < 4.78 is 1.87. The van der Waals surface area contributed by atoms with Crippen molar-refractivity contribution < 1.29 is 14.4 Å². The molecule has 0 aromatic carbocycles. The summed E-state index contributed by atoms with van der Waals surface area (Å²) in [6.07, 6.45) is 5.76. The van der Waals surface area contributed by atoms with E-state index in [1.165, 1.54) is 12.3 Å². The number of nitrogens with zero attached hydrogens (tertiary/aromatic N) is 2. The summed E-state index contributed by atoms with van der Waals surface area (Å²) in [7, 11) is 1.88. The van der Waals surface area contributed by atoms with E-state index in [4.69, 9.17) is 5.73 Å². The van der Waals surface area contributed by atoms with Gasteiger partial charge in [0.1, 0.15) is 11.5 Å². The number of hydrogen-bond acceptors (Lipinski definition) is 4. The molecule has 0 unspecified atom stereocenters. The molecule has 1 atom stereocenters. The van der Waals surface area contributed by atoms with E-state index in [1.54, 1.807) is 13.1 Å². The van der Waals surface area contributed by atoms with Gasteiger partial charge in [-0.2, -0.15) is 0 Å². The SMILES string of the molecule is C[C@@H](CNC(=O)c1cc(C(N)=O)c[nH]1)NC(=O)CCc1nccn1C. The van der Waals surface area contributed by atoms with Crippen LogP contribution < -0.4 is 16.4 Å². The lowest BCUT2D eigenvalue weighted by atomic mass is 10.2. The van der Waals surface area contributed by atoms with E-state index < -0.39 is 5.91 Å². The Labute approximate surface area is 145 Å². The van der Waals surface area contributed by atoms with Crippen molar-refractivity contribution >= 4 is 17.7 Å². The summed E-state index contributed by atoms with van der Waals surface area (Å²) in [5.74, 6) is -0.251. The van der Waals surface area contributed by atoms with Crippen molar-refractivity contribution in [2.24, 2.45) is 12.8 Å². The van der Waals surface area contributed by atoms with Gasteiger partial charge in [0.15, 0.2) is 0 Å². The molecule has 2 aromatic rings. The average Bonchev–Trinajstić information content (AvgIpc) is 3.20. The van der Waals surface area contributed by atoms with E-state index in [0.29, 0.717) is 12.8 Å². The second kappa shape index (κ2) is 8.13. The first-order chi connectivity index (χ1) is 11.9. The van der Waals surface area contributed by atoms with Crippen LogP contribution in [0.5, 0.6) is 0 Å². The Kier molecular flexibility index (Phi) is 5.93. The van der Waals surface area contributed by atoms with E-state index in [-0.39, 0.29) is 35.7 Å². The van der Waals surface area contributed by atoms with Gasteiger partial charge in [-0.25, -0.2) is 4.98 Å². The second-order valence-corrected chi connectivity index (χ2v) is 5.80. The molecule has 5 N–H and O–H groups in total. The number of aromatic nitrogens is 3. The molecule has 2 rings (SSSR count). The van der Waals surface area contributed by atoms with Gasteiger partial charge in [0, 0.05) is 51.1 Å². The van der Waals surface area contributed by atoms with Crippen LogP contribution in [0.3, 0.4) is 0 Å². The van der Waals surface area contributed by atoms with E-state index in [2.05, 4.69) is 20.6 Å². The van der Waals surface area contributed by atoms with Crippen molar-refractivity contribution in [2.45, 2.75) is 25.8 Å². The number of aryl methyl sites for hydroxylation is 2. The molecular formula is C16H22N6O3. The standard InChI is InChI=1S/C16H22N6O3/c1-10(21-14(23)4-3-13-18-5-6-22(13)2)8-20-16(25)12-7-11(9-19-12)15(17)24/h5-7,9-10,19H,3-4,8H2,1-2H3,(H2,17,24)(H,20,25)(H,21,23)/t10-/m0/s1. The number of amides is 3. The number of H-pyrrole nitrogens is 1. The van der Waals surface area contributed by atoms with Gasteiger partial charge in [0.05, 0.1) is 5.56 Å². The molecule has 0 aliphatic heterocycles. The molecule has 0 spiro atoms. The maximum Gasteiger partial charge on any atom is 0.267 e. The van der Waals surface area contributed by atoms with Crippen LogP contribution in [0, 0.1) is 0 Å². The van der Waals surface area contributed by atoms with Gasteiger partial charge < -0.3 is 25.9 Å². The second-order valence-electron chi connectivity index (χ2n) is 5.80. The molecule has 134 valence electrons. The lowest BCUT2D eigenvalue weighted by molar-refractivity contribution is -0.121. The number of rotatable bonds is 8. The molecule has 0 saturated carbocycles. The van der Waals surface area contributed by atoms with Crippen molar-refractivity contribution in [1.82, 2.24) is 25.2 Å².